The molecule has 5 atom stereocenters. The second-order valence-corrected chi connectivity index (χ2v) is 22.1. The van der Waals surface area contributed by atoms with E-state index in [1.54, 1.807) is 29.8 Å². The maximum Gasteiger partial charge on any atom is 0.319 e. The molecule has 11 rings (SSSR count). The van der Waals surface area contributed by atoms with E-state index in [0.717, 1.165) is 89.9 Å². The number of piperazine rings is 1. The molecule has 80 heavy (non-hydrogen) atoms. The summed E-state index contributed by atoms with van der Waals surface area (Å²) in [6.07, 6.45) is 11.7. The van der Waals surface area contributed by atoms with Crippen LogP contribution in [0.5, 0.6) is 11.8 Å². The number of carbonyl (C=O) groups is 2. The highest BCUT2D eigenvalue weighted by atomic mass is 19.1. The number of allylic oxidation sites excluding steroid dienone is 2. The van der Waals surface area contributed by atoms with E-state index >= 15 is 4.39 Å². The van der Waals surface area contributed by atoms with Gasteiger partial charge in [0.25, 0.3) is 0 Å². The molecule has 6 aromatic rings. The number of nitrogen functional groups attached to an aromatic ring is 1. The van der Waals surface area contributed by atoms with E-state index in [4.69, 9.17) is 35.3 Å². The van der Waals surface area contributed by atoms with Crippen LogP contribution in [0.15, 0.2) is 90.8 Å². The van der Waals surface area contributed by atoms with Crippen LogP contribution >= 0.6 is 0 Å². The summed E-state index contributed by atoms with van der Waals surface area (Å²) >= 11 is 0. The normalized spacial score (nSPS) is 19.7. The highest BCUT2D eigenvalue weighted by molar-refractivity contribution is 6.05. The Morgan fingerprint density at radius 2 is 1.79 bits per heavy atom. The van der Waals surface area contributed by atoms with E-state index in [9.17, 15) is 14.7 Å². The highest BCUT2D eigenvalue weighted by Gasteiger charge is 2.42. The van der Waals surface area contributed by atoms with E-state index in [-0.39, 0.29) is 66.4 Å². The van der Waals surface area contributed by atoms with Crippen LogP contribution in [-0.4, -0.2) is 117 Å². The molecule has 2 aromatic heterocycles. The van der Waals surface area contributed by atoms with Gasteiger partial charge in [-0.05, 0) is 105 Å². The number of aromatic nitrogens is 5. The summed E-state index contributed by atoms with van der Waals surface area (Å²) in [7, 11) is 1.62. The maximum absolute atomic E-state index is 16.0. The van der Waals surface area contributed by atoms with Gasteiger partial charge in [-0.3, -0.25) is 9.59 Å². The quantitative estimate of drug-likeness (QED) is 0.0253. The van der Waals surface area contributed by atoms with Crippen LogP contribution in [-0.2, 0) is 20.9 Å². The van der Waals surface area contributed by atoms with E-state index in [1.165, 1.54) is 12.3 Å². The molecule has 4 aromatic carbocycles. The van der Waals surface area contributed by atoms with Gasteiger partial charge in [0.2, 0.25) is 11.8 Å². The Kier molecular flexibility index (Phi) is 15.2. The molecule has 416 valence electrons. The second kappa shape index (κ2) is 22.5. The Morgan fingerprint density at radius 1 is 1.01 bits per heavy atom. The molecule has 0 unspecified atom stereocenters. The summed E-state index contributed by atoms with van der Waals surface area (Å²) in [6, 6.07) is 17.9. The molecular formula is C61H69FN12O6. The van der Waals surface area contributed by atoms with Gasteiger partial charge in [-0.2, -0.15) is 9.97 Å². The largest absolute Gasteiger partial charge is 0.513 e. The van der Waals surface area contributed by atoms with Gasteiger partial charge < -0.3 is 56.2 Å². The SMILES string of the molecule is CO[C@@H](C)COc1nc(N2C[C@@H]3C[C@H]2CN3)c2cc(C3CC3)c(-c3c(C)c(F)cc(N)c3C=N)c(OCc3ccc(-c4cn([C@H](C(=O)N5CCC[C@H]5C(=O)N/C(=C/O)c5ccc(C6=C(C)C=CCN6)cc5)C(C)C)nn4)cc3)c2n1. The number of rotatable bonds is 19. The number of methoxy groups -OCH3 is 1. The molecule has 0 radical (unpaired) electrons. The van der Waals surface area contributed by atoms with Crippen molar-refractivity contribution in [3.8, 4) is 34.1 Å². The van der Waals surface area contributed by atoms with Crippen molar-refractivity contribution in [3.05, 3.63) is 130 Å². The van der Waals surface area contributed by atoms with Gasteiger partial charge in [0.05, 0.1) is 18.0 Å². The molecule has 4 aliphatic heterocycles. The first-order valence-corrected chi connectivity index (χ1v) is 27.7. The average Bonchev–Trinajstić information content (AvgIpc) is 3.52. The van der Waals surface area contributed by atoms with E-state index in [0.29, 0.717) is 70.2 Å². The van der Waals surface area contributed by atoms with Gasteiger partial charge >= 0.3 is 6.01 Å². The van der Waals surface area contributed by atoms with Crippen LogP contribution in [0.4, 0.5) is 15.9 Å². The standard InChI is InChI=1S/C61H69FN12O6/c1-33(2)56(60(77)72-22-8-10-51(72)59(76)67-50(30-75)40-17-19-41(20-18-40)54-34(3)9-7-21-65-54)74-29-49(70-71-74)39-13-11-37(12-14-39)32-79-57-53(52-36(5)47(62)25-48(64)46(52)26-63)44(38-15-16-38)24-45-55(57)68-61(80-31-35(4)78-6)69-58(45)73-28-42-23-43(73)27-66-42/h7,9,11-14,17-20,24-26,29-30,33,35,38,42-43,51,56,63,65-66,75H,8,10,15-16,21-23,27-28,31-32,64H2,1-6H3,(H,67,76)/b50-30+,63-26?/t35-,42-,43-,51-,56-/m0/s1. The summed E-state index contributed by atoms with van der Waals surface area (Å²) in [4.78, 5) is 42.7. The second-order valence-electron chi connectivity index (χ2n) is 22.1. The molecule has 4 fully saturated rings. The highest BCUT2D eigenvalue weighted by Crippen LogP contribution is 2.53. The number of halogens is 1. The maximum atomic E-state index is 16.0. The van der Waals surface area contributed by atoms with Crippen molar-refractivity contribution in [3.63, 3.8) is 0 Å². The molecular weight excluding hydrogens is 1020 g/mol. The molecule has 1 aliphatic carbocycles. The number of amides is 2. The zero-order chi connectivity index (χ0) is 55.9. The number of nitrogens with one attached hydrogen (secondary N) is 4. The third-order valence-corrected chi connectivity index (χ3v) is 16.3. The van der Waals surface area contributed by atoms with E-state index < -0.39 is 17.9 Å². The monoisotopic (exact) mass is 1080 g/mol. The minimum absolute atomic E-state index is 0.0891. The minimum Gasteiger partial charge on any atom is -0.513 e. The number of likely N-dealkylation sites (tertiary alicyclic amines) is 1. The number of hydrogen-bond donors (Lipinski definition) is 6. The van der Waals surface area contributed by atoms with Crippen LogP contribution in [0.1, 0.15) is 105 Å². The Balaban J connectivity index is 0.863. The van der Waals surface area contributed by atoms with Gasteiger partial charge in [-0.1, -0.05) is 79.7 Å². The first-order valence-electron chi connectivity index (χ1n) is 27.7. The molecule has 18 nitrogen and oxygen atoms in total. The number of nitrogens with zero attached hydrogens (tertiary/aromatic N) is 7. The zero-order valence-electron chi connectivity index (χ0n) is 46.1. The molecule has 3 saturated heterocycles. The van der Waals surface area contributed by atoms with Gasteiger partial charge in [0.1, 0.15) is 54.4 Å². The van der Waals surface area contributed by atoms with Crippen LogP contribution in [0, 0.1) is 24.1 Å². The molecule has 6 heterocycles. The average molecular weight is 1090 g/mol. The van der Waals surface area contributed by atoms with Crippen LogP contribution < -0.4 is 36.1 Å². The number of aliphatic hydroxyl groups is 1. The molecule has 2 amide bonds. The number of hydrogen-bond acceptors (Lipinski definition) is 15. The van der Waals surface area contributed by atoms with Crippen molar-refractivity contribution in [1.82, 2.24) is 45.8 Å². The van der Waals surface area contributed by atoms with Crippen molar-refractivity contribution in [1.29, 1.82) is 5.41 Å². The molecule has 19 heteroatoms. The number of nitrogens with two attached hydrogens (primary N) is 1. The van der Waals surface area contributed by atoms with Crippen LogP contribution in [0.2, 0.25) is 0 Å². The lowest BCUT2D eigenvalue weighted by atomic mass is 9.87. The van der Waals surface area contributed by atoms with Crippen molar-refractivity contribution < 1.29 is 33.3 Å². The van der Waals surface area contributed by atoms with Crippen LogP contribution in [0.3, 0.4) is 0 Å². The van der Waals surface area contributed by atoms with Crippen molar-refractivity contribution in [2.24, 2.45) is 5.92 Å². The topological polar surface area (TPSA) is 231 Å². The summed E-state index contributed by atoms with van der Waals surface area (Å²) in [5.41, 5.74) is 16.1. The van der Waals surface area contributed by atoms with Gasteiger partial charge in [0, 0.05) is 96.2 Å². The lowest BCUT2D eigenvalue weighted by Crippen LogP contribution is -2.48. The number of ether oxygens (including phenoxy) is 3. The first-order chi connectivity index (χ1) is 38.7. The number of aliphatic hydroxyl groups excluding tert-OH is 1. The van der Waals surface area contributed by atoms with Gasteiger partial charge in [0.15, 0.2) is 5.75 Å². The lowest BCUT2D eigenvalue weighted by molar-refractivity contribution is -0.142. The molecule has 2 bridgehead atoms. The fraction of sp³-hybridized carbons (Fsp3) is 0.393. The fourth-order valence-electron chi connectivity index (χ4n) is 11.8. The third kappa shape index (κ3) is 10.5. The Bertz CT molecular complexity index is 3460. The molecule has 7 N–H and O–H groups in total. The number of anilines is 2. The fourth-order valence-corrected chi connectivity index (χ4v) is 11.8. The molecule has 0 spiro atoms. The predicted octanol–water partition coefficient (Wildman–Crippen LogP) is 8.75. The Morgan fingerprint density at radius 3 is 2.46 bits per heavy atom. The van der Waals surface area contributed by atoms with E-state index in [1.807, 2.05) is 76.2 Å². The first kappa shape index (κ1) is 53.8. The van der Waals surface area contributed by atoms with Crippen molar-refractivity contribution in [2.75, 3.05) is 50.5 Å². The summed E-state index contributed by atoms with van der Waals surface area (Å²) in [5.74, 6) is -0.00870. The van der Waals surface area contributed by atoms with E-state index in [2.05, 4.69) is 49.4 Å². The molecule has 5 aliphatic rings. The van der Waals surface area contributed by atoms with Crippen molar-refractivity contribution in [2.45, 2.75) is 110 Å². The van der Waals surface area contributed by atoms with Gasteiger partial charge in [-0.25, -0.2) is 9.07 Å². The number of carbonyl (C=O) groups excluding carboxylic acids is 2. The van der Waals surface area contributed by atoms with Crippen LogP contribution in [0.25, 0.3) is 44.7 Å². The number of dihydropyridines is 1. The summed E-state index contributed by atoms with van der Waals surface area (Å²) < 4.78 is 36.4. The smallest absolute Gasteiger partial charge is 0.319 e. The van der Waals surface area contributed by atoms with Crippen molar-refractivity contribution >= 4 is 51.8 Å². The molecule has 1 saturated carbocycles. The summed E-state index contributed by atoms with van der Waals surface area (Å²) in [5, 5.41) is 38.6. The number of benzene rings is 4. The Labute approximate surface area is 464 Å². The zero-order valence-corrected chi connectivity index (χ0v) is 46.1. The lowest BCUT2D eigenvalue weighted by Gasteiger charge is -2.30. The predicted molar refractivity (Wildman–Crippen MR) is 307 cm³/mol. The number of fused-ring (bicyclic) bond motifs is 3. The summed E-state index contributed by atoms with van der Waals surface area (Å²) in [6.45, 7) is 12.6. The third-order valence-electron chi connectivity index (χ3n) is 16.3. The van der Waals surface area contributed by atoms with Gasteiger partial charge in [-0.15, -0.1) is 5.10 Å². The Hall–Kier alpha value is -8.16. The minimum atomic E-state index is -0.756.